The molecule has 0 bridgehead atoms. The van der Waals surface area contributed by atoms with E-state index >= 15 is 0 Å². The Morgan fingerprint density at radius 2 is 2.05 bits per heavy atom. The van der Waals surface area contributed by atoms with Crippen LogP contribution in [-0.4, -0.2) is 10.4 Å². The number of fused-ring (bicyclic) bond motifs is 1. The first-order valence-corrected chi connectivity index (χ1v) is 7.38. The predicted octanol–water partition coefficient (Wildman–Crippen LogP) is 3.38. The molecule has 1 aliphatic rings. The van der Waals surface area contributed by atoms with Gasteiger partial charge in [0.05, 0.1) is 5.52 Å². The number of rotatable bonds is 3. The molecule has 1 aromatic heterocycles. The molecular formula is C16H19NO3. The second kappa shape index (κ2) is 5.27. The number of hydrogen-bond acceptors (Lipinski definition) is 3. The van der Waals surface area contributed by atoms with Gasteiger partial charge in [-0.05, 0) is 38.0 Å². The number of carbonyl (C=O) groups is 1. The highest BCUT2D eigenvalue weighted by Crippen LogP contribution is 2.27. The predicted molar refractivity (Wildman–Crippen MR) is 77.1 cm³/mol. The minimum Gasteiger partial charge on any atom is -0.408 e. The lowest BCUT2D eigenvalue weighted by Crippen LogP contribution is -2.17. The molecule has 4 heteroatoms. The Bertz CT molecular complexity index is 689. The fourth-order valence-electron chi connectivity index (χ4n) is 3.12. The van der Waals surface area contributed by atoms with E-state index in [-0.39, 0.29) is 17.5 Å². The maximum absolute atomic E-state index is 12.5. The molecule has 106 valence electrons. The van der Waals surface area contributed by atoms with Crippen LogP contribution in [0.15, 0.2) is 27.4 Å². The van der Waals surface area contributed by atoms with Crippen LogP contribution in [0.1, 0.15) is 49.4 Å². The van der Waals surface area contributed by atoms with E-state index in [9.17, 15) is 9.59 Å². The summed E-state index contributed by atoms with van der Waals surface area (Å²) in [4.78, 5) is 24.1. The number of benzene rings is 1. The van der Waals surface area contributed by atoms with Gasteiger partial charge in [0, 0.05) is 18.0 Å². The van der Waals surface area contributed by atoms with Crippen LogP contribution in [0.2, 0.25) is 0 Å². The summed E-state index contributed by atoms with van der Waals surface area (Å²) in [5.41, 5.74) is 1.94. The van der Waals surface area contributed by atoms with Gasteiger partial charge in [0.25, 0.3) is 0 Å². The van der Waals surface area contributed by atoms with Gasteiger partial charge in [-0.15, -0.1) is 0 Å². The Balaban J connectivity index is 1.96. The largest absolute Gasteiger partial charge is 0.419 e. The summed E-state index contributed by atoms with van der Waals surface area (Å²) in [5, 5.41) is 0. The zero-order valence-corrected chi connectivity index (χ0v) is 11.7. The van der Waals surface area contributed by atoms with Crippen LogP contribution < -0.4 is 5.76 Å². The third-order valence-electron chi connectivity index (χ3n) is 4.24. The lowest BCUT2D eigenvalue weighted by Gasteiger charge is -2.20. The van der Waals surface area contributed by atoms with Gasteiger partial charge in [-0.25, -0.2) is 4.79 Å². The SMILES string of the molecule is CCn1c(=O)oc2cc(C(=O)C3CCCCC3)ccc21. The summed E-state index contributed by atoms with van der Waals surface area (Å²) >= 11 is 0. The highest BCUT2D eigenvalue weighted by molar-refractivity contribution is 6.00. The van der Waals surface area contributed by atoms with E-state index < -0.39 is 0 Å². The standard InChI is InChI=1S/C16H19NO3/c1-2-17-13-9-8-12(10-14(13)20-16(17)19)15(18)11-6-4-3-5-7-11/h8-11H,2-7H2,1H3. The fraction of sp³-hybridized carbons (Fsp3) is 0.500. The average Bonchev–Trinajstić information content (AvgIpc) is 2.81. The summed E-state index contributed by atoms with van der Waals surface area (Å²) in [5.74, 6) is -0.0237. The third-order valence-corrected chi connectivity index (χ3v) is 4.24. The normalized spacial score (nSPS) is 16.6. The van der Waals surface area contributed by atoms with E-state index in [4.69, 9.17) is 4.42 Å². The molecule has 2 aromatic rings. The van der Waals surface area contributed by atoms with Crippen molar-refractivity contribution >= 4 is 16.9 Å². The molecule has 0 aliphatic heterocycles. The first kappa shape index (κ1) is 13.2. The van der Waals surface area contributed by atoms with E-state index in [0.717, 1.165) is 31.2 Å². The second-order valence-corrected chi connectivity index (χ2v) is 5.49. The van der Waals surface area contributed by atoms with E-state index in [1.807, 2.05) is 19.1 Å². The first-order chi connectivity index (χ1) is 9.70. The maximum Gasteiger partial charge on any atom is 0.419 e. The molecule has 1 heterocycles. The van der Waals surface area contributed by atoms with Crippen molar-refractivity contribution in [3.63, 3.8) is 0 Å². The van der Waals surface area contributed by atoms with Gasteiger partial charge in [-0.1, -0.05) is 19.3 Å². The number of ketones is 1. The molecule has 1 saturated carbocycles. The van der Waals surface area contributed by atoms with Crippen LogP contribution in [0.5, 0.6) is 0 Å². The fourth-order valence-corrected chi connectivity index (χ4v) is 3.12. The van der Waals surface area contributed by atoms with Crippen LogP contribution >= 0.6 is 0 Å². The Morgan fingerprint density at radius 3 is 2.75 bits per heavy atom. The van der Waals surface area contributed by atoms with Crippen LogP contribution in [0.3, 0.4) is 0 Å². The summed E-state index contributed by atoms with van der Waals surface area (Å²) in [6.45, 7) is 2.47. The molecule has 3 rings (SSSR count). The summed E-state index contributed by atoms with van der Waals surface area (Å²) in [7, 11) is 0. The van der Waals surface area contributed by atoms with Crippen molar-refractivity contribution in [2.45, 2.75) is 45.6 Å². The van der Waals surface area contributed by atoms with Gasteiger partial charge in [0.15, 0.2) is 11.4 Å². The maximum atomic E-state index is 12.5. The highest BCUT2D eigenvalue weighted by atomic mass is 16.4. The van der Waals surface area contributed by atoms with Crippen molar-refractivity contribution in [1.82, 2.24) is 4.57 Å². The lowest BCUT2D eigenvalue weighted by atomic mass is 9.84. The van der Waals surface area contributed by atoms with E-state index in [1.54, 1.807) is 10.6 Å². The van der Waals surface area contributed by atoms with Gasteiger partial charge in [-0.2, -0.15) is 0 Å². The Labute approximate surface area is 117 Å². The van der Waals surface area contributed by atoms with E-state index in [2.05, 4.69) is 0 Å². The number of carbonyl (C=O) groups excluding carboxylic acids is 1. The highest BCUT2D eigenvalue weighted by Gasteiger charge is 2.23. The van der Waals surface area contributed by atoms with Crippen LogP contribution in [0.4, 0.5) is 0 Å². The number of aryl methyl sites for hydroxylation is 1. The molecule has 1 fully saturated rings. The molecular weight excluding hydrogens is 254 g/mol. The molecule has 0 amide bonds. The monoisotopic (exact) mass is 273 g/mol. The zero-order chi connectivity index (χ0) is 14.1. The molecule has 0 atom stereocenters. The number of aromatic nitrogens is 1. The van der Waals surface area contributed by atoms with Crippen LogP contribution in [-0.2, 0) is 6.54 Å². The van der Waals surface area contributed by atoms with Gasteiger partial charge in [0.1, 0.15) is 0 Å². The smallest absolute Gasteiger partial charge is 0.408 e. The molecule has 1 aromatic carbocycles. The molecule has 0 unspecified atom stereocenters. The third kappa shape index (κ3) is 2.19. The van der Waals surface area contributed by atoms with Crippen molar-refractivity contribution in [3.05, 3.63) is 34.3 Å². The summed E-state index contributed by atoms with van der Waals surface area (Å²) < 4.78 is 6.80. The minimum atomic E-state index is -0.357. The Kier molecular flexibility index (Phi) is 3.47. The van der Waals surface area contributed by atoms with Gasteiger partial charge < -0.3 is 4.42 Å². The molecule has 0 N–H and O–H groups in total. The van der Waals surface area contributed by atoms with Crippen LogP contribution in [0.25, 0.3) is 11.1 Å². The number of nitrogens with zero attached hydrogens (tertiary/aromatic N) is 1. The van der Waals surface area contributed by atoms with E-state index in [0.29, 0.717) is 17.7 Å². The number of oxazole rings is 1. The molecule has 1 aliphatic carbocycles. The topological polar surface area (TPSA) is 52.2 Å². The zero-order valence-electron chi connectivity index (χ0n) is 11.7. The van der Waals surface area contributed by atoms with Gasteiger partial charge in [0.2, 0.25) is 0 Å². The van der Waals surface area contributed by atoms with E-state index in [1.165, 1.54) is 6.42 Å². The molecule has 0 radical (unpaired) electrons. The number of Topliss-reactive ketones (excluding diaryl/α,β-unsaturated/α-hetero) is 1. The Morgan fingerprint density at radius 1 is 1.30 bits per heavy atom. The van der Waals surface area contributed by atoms with Crippen LogP contribution in [0, 0.1) is 5.92 Å². The van der Waals surface area contributed by atoms with Gasteiger partial charge in [-0.3, -0.25) is 9.36 Å². The van der Waals surface area contributed by atoms with Crippen molar-refractivity contribution in [3.8, 4) is 0 Å². The number of hydrogen-bond donors (Lipinski definition) is 0. The van der Waals surface area contributed by atoms with Crippen molar-refractivity contribution in [1.29, 1.82) is 0 Å². The molecule has 20 heavy (non-hydrogen) atoms. The summed E-state index contributed by atoms with van der Waals surface area (Å²) in [6.07, 6.45) is 5.48. The van der Waals surface area contributed by atoms with Crippen molar-refractivity contribution in [2.24, 2.45) is 5.92 Å². The Hall–Kier alpha value is -1.84. The summed E-state index contributed by atoms with van der Waals surface area (Å²) in [6, 6.07) is 5.36. The first-order valence-electron chi connectivity index (χ1n) is 7.38. The van der Waals surface area contributed by atoms with Crippen molar-refractivity contribution in [2.75, 3.05) is 0 Å². The quantitative estimate of drug-likeness (QED) is 0.805. The molecule has 0 saturated heterocycles. The minimum absolute atomic E-state index is 0.140. The van der Waals surface area contributed by atoms with Crippen molar-refractivity contribution < 1.29 is 9.21 Å². The molecule has 4 nitrogen and oxygen atoms in total. The second-order valence-electron chi connectivity index (χ2n) is 5.49. The average molecular weight is 273 g/mol. The molecule has 0 spiro atoms. The lowest BCUT2D eigenvalue weighted by molar-refractivity contribution is 0.0889. The van der Waals surface area contributed by atoms with Gasteiger partial charge >= 0.3 is 5.76 Å².